The van der Waals surface area contributed by atoms with Crippen LogP contribution >= 0.6 is 0 Å². The van der Waals surface area contributed by atoms with Crippen LogP contribution in [0.3, 0.4) is 0 Å². The maximum absolute atomic E-state index is 11.6. The molecule has 0 aromatic carbocycles. The van der Waals surface area contributed by atoms with Gasteiger partial charge in [-0.25, -0.2) is 4.79 Å². The maximum Gasteiger partial charge on any atom is 0.513 e. The zero-order chi connectivity index (χ0) is 16.1. The Morgan fingerprint density at radius 2 is 1.81 bits per heavy atom. The molecule has 0 aromatic rings. The zero-order valence-electron chi connectivity index (χ0n) is 14.0. The fraction of sp³-hybridized carbons (Fsp3) is 0.688. The van der Waals surface area contributed by atoms with Crippen LogP contribution in [-0.4, -0.2) is 21.1 Å². The van der Waals surface area contributed by atoms with Crippen molar-refractivity contribution in [3.63, 3.8) is 0 Å². The molecular formula is C16H28O4Si. The van der Waals surface area contributed by atoms with Crippen LogP contribution in [0, 0.1) is 0 Å². The van der Waals surface area contributed by atoms with E-state index in [2.05, 4.69) is 40.4 Å². The lowest BCUT2D eigenvalue weighted by atomic mass is 10.0. The number of carbonyl (C=O) groups is 1. The smallest absolute Gasteiger partial charge is 0.513 e. The zero-order valence-corrected chi connectivity index (χ0v) is 15.0. The van der Waals surface area contributed by atoms with Crippen LogP contribution in [0.2, 0.25) is 18.1 Å². The van der Waals surface area contributed by atoms with E-state index in [0.29, 0.717) is 5.76 Å². The summed E-state index contributed by atoms with van der Waals surface area (Å²) in [5, 5.41) is 0.117. The van der Waals surface area contributed by atoms with Crippen molar-refractivity contribution in [1.82, 2.24) is 0 Å². The molecule has 1 rings (SSSR count). The van der Waals surface area contributed by atoms with E-state index in [1.54, 1.807) is 0 Å². The van der Waals surface area contributed by atoms with Gasteiger partial charge in [-0.3, -0.25) is 0 Å². The summed E-state index contributed by atoms with van der Waals surface area (Å²) in [6.45, 7) is 14.6. The van der Waals surface area contributed by atoms with Crippen LogP contribution in [0.25, 0.3) is 0 Å². The summed E-state index contributed by atoms with van der Waals surface area (Å²) in [5.41, 5.74) is 0. The first-order valence-corrected chi connectivity index (χ1v) is 10.4. The van der Waals surface area contributed by atoms with Gasteiger partial charge in [-0.1, -0.05) is 33.4 Å². The molecule has 0 saturated carbocycles. The van der Waals surface area contributed by atoms with Crippen LogP contribution in [0.5, 0.6) is 0 Å². The fourth-order valence-electron chi connectivity index (χ4n) is 1.78. The Labute approximate surface area is 129 Å². The first kappa shape index (κ1) is 17.8. The summed E-state index contributed by atoms with van der Waals surface area (Å²) in [7, 11) is -1.92. The second-order valence-electron chi connectivity index (χ2n) is 6.87. The molecule has 120 valence electrons. The molecule has 0 N–H and O–H groups in total. The maximum atomic E-state index is 11.6. The van der Waals surface area contributed by atoms with Gasteiger partial charge in [-0.2, -0.15) is 0 Å². The molecule has 0 unspecified atom stereocenters. The highest BCUT2D eigenvalue weighted by atomic mass is 28.4. The Morgan fingerprint density at radius 3 is 2.33 bits per heavy atom. The number of rotatable bonds is 5. The van der Waals surface area contributed by atoms with E-state index in [1.165, 1.54) is 6.08 Å². The normalized spacial score (nSPS) is 16.4. The average Bonchev–Trinajstić information content (AvgIpc) is 2.37. The fourth-order valence-corrected chi connectivity index (χ4v) is 2.92. The number of hydrogen-bond acceptors (Lipinski definition) is 4. The van der Waals surface area contributed by atoms with Gasteiger partial charge in [-0.05, 0) is 31.0 Å². The number of hydrogen-bond donors (Lipinski definition) is 0. The molecule has 0 amide bonds. The largest absolute Gasteiger partial charge is 0.544 e. The predicted molar refractivity (Wildman–Crippen MR) is 86.4 cm³/mol. The summed E-state index contributed by atoms with van der Waals surface area (Å²) in [6, 6.07) is 0. The molecule has 0 bridgehead atoms. The van der Waals surface area contributed by atoms with Crippen molar-refractivity contribution in [3.05, 3.63) is 24.2 Å². The SMILES string of the molecule is C=CCOC(=O)OC1=C(O[Si](C)(C)C(C)(C)C)CCCC1. The van der Waals surface area contributed by atoms with Gasteiger partial charge >= 0.3 is 6.16 Å². The molecule has 1 aliphatic rings. The van der Waals surface area contributed by atoms with E-state index in [-0.39, 0.29) is 11.6 Å². The van der Waals surface area contributed by atoms with Gasteiger partial charge in [0.05, 0.1) is 0 Å². The van der Waals surface area contributed by atoms with E-state index >= 15 is 0 Å². The van der Waals surface area contributed by atoms with Crippen molar-refractivity contribution in [2.45, 2.75) is 64.6 Å². The minimum absolute atomic E-state index is 0.117. The Balaban J connectivity index is 2.83. The molecule has 0 aromatic heterocycles. The van der Waals surface area contributed by atoms with Gasteiger partial charge in [0.25, 0.3) is 0 Å². The second kappa shape index (κ2) is 7.16. The summed E-state index contributed by atoms with van der Waals surface area (Å²) in [5.74, 6) is 1.48. The minimum atomic E-state index is -1.92. The highest BCUT2D eigenvalue weighted by molar-refractivity contribution is 6.74. The van der Waals surface area contributed by atoms with Crippen molar-refractivity contribution in [3.8, 4) is 0 Å². The van der Waals surface area contributed by atoms with E-state index < -0.39 is 14.5 Å². The van der Waals surface area contributed by atoms with E-state index in [1.807, 2.05) is 0 Å². The first-order valence-electron chi connectivity index (χ1n) is 7.54. The van der Waals surface area contributed by atoms with E-state index in [0.717, 1.165) is 31.4 Å². The van der Waals surface area contributed by atoms with Crippen LogP contribution in [0.4, 0.5) is 4.79 Å². The average molecular weight is 312 g/mol. The summed E-state index contributed by atoms with van der Waals surface area (Å²) < 4.78 is 16.5. The minimum Gasteiger partial charge on any atom is -0.544 e. The molecule has 0 fully saturated rings. The number of allylic oxidation sites excluding steroid dienone is 2. The van der Waals surface area contributed by atoms with Crippen molar-refractivity contribution in [2.24, 2.45) is 0 Å². The first-order chi connectivity index (χ1) is 9.67. The van der Waals surface area contributed by atoms with Crippen molar-refractivity contribution in [1.29, 1.82) is 0 Å². The van der Waals surface area contributed by atoms with Crippen LogP contribution in [-0.2, 0) is 13.9 Å². The Hall–Kier alpha value is -1.23. The quantitative estimate of drug-likeness (QED) is 0.401. The van der Waals surface area contributed by atoms with E-state index in [4.69, 9.17) is 13.9 Å². The van der Waals surface area contributed by atoms with Crippen LogP contribution in [0.15, 0.2) is 24.2 Å². The molecule has 0 aliphatic heterocycles. The van der Waals surface area contributed by atoms with Gasteiger partial charge < -0.3 is 13.9 Å². The topological polar surface area (TPSA) is 44.8 Å². The molecule has 0 heterocycles. The van der Waals surface area contributed by atoms with Gasteiger partial charge in [0.1, 0.15) is 18.1 Å². The Bertz CT molecular complexity index is 418. The summed E-state index contributed by atoms with van der Waals surface area (Å²) in [4.78, 5) is 11.6. The van der Waals surface area contributed by atoms with E-state index in [9.17, 15) is 4.79 Å². The van der Waals surface area contributed by atoms with Crippen molar-refractivity contribution < 1.29 is 18.7 Å². The number of carbonyl (C=O) groups excluding carboxylic acids is 1. The molecule has 0 radical (unpaired) electrons. The Morgan fingerprint density at radius 1 is 1.24 bits per heavy atom. The molecule has 4 nitrogen and oxygen atoms in total. The monoisotopic (exact) mass is 312 g/mol. The third-order valence-corrected chi connectivity index (χ3v) is 8.45. The van der Waals surface area contributed by atoms with Gasteiger partial charge in [0.15, 0.2) is 0 Å². The highest BCUT2D eigenvalue weighted by Gasteiger charge is 2.40. The Kier molecular flexibility index (Phi) is 6.07. The van der Waals surface area contributed by atoms with Crippen LogP contribution < -0.4 is 0 Å². The summed E-state index contributed by atoms with van der Waals surface area (Å²) >= 11 is 0. The van der Waals surface area contributed by atoms with Crippen LogP contribution in [0.1, 0.15) is 46.5 Å². The molecule has 21 heavy (non-hydrogen) atoms. The summed E-state index contributed by atoms with van der Waals surface area (Å²) in [6.07, 6.45) is 4.48. The lowest BCUT2D eigenvalue weighted by Gasteiger charge is -2.38. The molecule has 1 aliphatic carbocycles. The number of ether oxygens (including phenoxy) is 2. The standard InChI is InChI=1S/C16H28O4Si/c1-7-12-18-15(17)19-13-10-8-9-11-14(13)20-21(5,6)16(2,3)4/h7H,1,8-12H2,2-6H3. The van der Waals surface area contributed by atoms with Crippen molar-refractivity contribution in [2.75, 3.05) is 6.61 Å². The van der Waals surface area contributed by atoms with Gasteiger partial charge in [-0.15, -0.1) is 0 Å². The lowest BCUT2D eigenvalue weighted by Crippen LogP contribution is -2.41. The van der Waals surface area contributed by atoms with Gasteiger partial charge in [0.2, 0.25) is 8.32 Å². The third kappa shape index (κ3) is 5.23. The molecule has 0 spiro atoms. The van der Waals surface area contributed by atoms with Gasteiger partial charge in [0, 0.05) is 12.8 Å². The third-order valence-electron chi connectivity index (χ3n) is 4.08. The lowest BCUT2D eigenvalue weighted by molar-refractivity contribution is 0.0782. The molecule has 0 saturated heterocycles. The predicted octanol–water partition coefficient (Wildman–Crippen LogP) is 5.13. The molecule has 0 atom stereocenters. The van der Waals surface area contributed by atoms with Crippen molar-refractivity contribution >= 4 is 14.5 Å². The second-order valence-corrected chi connectivity index (χ2v) is 11.6. The highest BCUT2D eigenvalue weighted by Crippen LogP contribution is 2.40. The molecular weight excluding hydrogens is 284 g/mol. The molecule has 5 heteroatoms.